The Labute approximate surface area is 163 Å². The Hall–Kier alpha value is -2.91. The first kappa shape index (κ1) is 25.1. The van der Waals surface area contributed by atoms with E-state index in [4.69, 9.17) is 0 Å². The van der Waals surface area contributed by atoms with Gasteiger partial charge in [-0.1, -0.05) is 19.8 Å². The Morgan fingerprint density at radius 3 is 1.82 bits per heavy atom. The lowest BCUT2D eigenvalue weighted by atomic mass is 10.1. The maximum atomic E-state index is 11.2. The molecule has 1 radical (unpaired) electrons. The highest BCUT2D eigenvalue weighted by Gasteiger charge is 2.17. The highest BCUT2D eigenvalue weighted by atomic mass is 16.6. The van der Waals surface area contributed by atoms with Crippen LogP contribution in [0, 0.1) is 30.3 Å². The van der Waals surface area contributed by atoms with Crippen molar-refractivity contribution in [3.05, 3.63) is 65.7 Å². The molecule has 0 heterocycles. The molecule has 0 bridgehead atoms. The average Bonchev–Trinajstić information content (AvgIpc) is 2.63. The number of allylic oxidation sites excluding steroid dienone is 4. The highest BCUT2D eigenvalue weighted by molar-refractivity contribution is 5.50. The van der Waals surface area contributed by atoms with Gasteiger partial charge in [0.1, 0.15) is 0 Å². The molecule has 0 spiro atoms. The van der Waals surface area contributed by atoms with E-state index in [0.717, 1.165) is 31.4 Å². The number of nitrogens with zero attached hydrogens (tertiary/aromatic N) is 3. The standard InChI is InChI=1S/C18H26N3O7/c1-2-3-4-6-9-16(19(23)24)11-13-18(21(27)28)14-12-17(20(25)26)10-7-5-8-15-22/h9,12-13H,2-8,10-11,14H2,1H3/b16-9-,17-12-,18-13-. The van der Waals surface area contributed by atoms with Crippen molar-refractivity contribution < 1.29 is 19.6 Å². The molecule has 0 amide bonds. The van der Waals surface area contributed by atoms with E-state index < -0.39 is 14.8 Å². The Morgan fingerprint density at radius 2 is 1.32 bits per heavy atom. The molecule has 0 unspecified atom stereocenters. The Morgan fingerprint density at radius 1 is 0.786 bits per heavy atom. The summed E-state index contributed by atoms with van der Waals surface area (Å²) in [5.41, 5.74) is -0.635. The lowest BCUT2D eigenvalue weighted by molar-refractivity contribution is -0.434. The number of hydrogen-bond donors (Lipinski definition) is 0. The molecule has 10 nitrogen and oxygen atoms in total. The highest BCUT2D eigenvalue weighted by Crippen LogP contribution is 2.16. The topological polar surface area (TPSA) is 146 Å². The molecule has 0 atom stereocenters. The summed E-state index contributed by atoms with van der Waals surface area (Å²) in [4.78, 5) is 41.6. The molecule has 0 rings (SSSR count). The zero-order valence-electron chi connectivity index (χ0n) is 16.0. The number of rotatable bonds is 16. The lowest BCUT2D eigenvalue weighted by Crippen LogP contribution is -2.04. The number of unbranched alkanes of at least 4 members (excludes halogenated alkanes) is 5. The molecule has 0 aromatic heterocycles. The predicted molar refractivity (Wildman–Crippen MR) is 103 cm³/mol. The predicted octanol–water partition coefficient (Wildman–Crippen LogP) is 4.50. The third-order valence-corrected chi connectivity index (χ3v) is 3.95. The van der Waals surface area contributed by atoms with Crippen molar-refractivity contribution in [2.24, 2.45) is 0 Å². The van der Waals surface area contributed by atoms with Crippen LogP contribution in [0.3, 0.4) is 0 Å². The van der Waals surface area contributed by atoms with Crippen LogP contribution >= 0.6 is 0 Å². The maximum absolute atomic E-state index is 11.2. The lowest BCUT2D eigenvalue weighted by Gasteiger charge is -1.99. The normalized spacial score (nSPS) is 12.7. The second-order valence-electron chi connectivity index (χ2n) is 6.11. The van der Waals surface area contributed by atoms with Gasteiger partial charge < -0.3 is 0 Å². The summed E-state index contributed by atoms with van der Waals surface area (Å²) in [6.07, 6.45) is 9.27. The summed E-state index contributed by atoms with van der Waals surface area (Å²) >= 11 is 0. The van der Waals surface area contributed by atoms with Gasteiger partial charge in [0.2, 0.25) is 17.1 Å². The fourth-order valence-corrected chi connectivity index (χ4v) is 2.34. The molecule has 0 aliphatic heterocycles. The molecule has 10 heteroatoms. The van der Waals surface area contributed by atoms with Gasteiger partial charge >= 0.3 is 0 Å². The van der Waals surface area contributed by atoms with Crippen LogP contribution in [0.4, 0.5) is 0 Å². The van der Waals surface area contributed by atoms with Crippen molar-refractivity contribution in [3.63, 3.8) is 0 Å². The molecule has 0 saturated heterocycles. The van der Waals surface area contributed by atoms with Gasteiger partial charge in [-0.2, -0.15) is 0 Å². The van der Waals surface area contributed by atoms with E-state index in [1.807, 2.05) is 6.92 Å². The zero-order chi connectivity index (χ0) is 21.4. The largest absolute Gasteiger partial charge is 0.291 e. The van der Waals surface area contributed by atoms with Gasteiger partial charge in [-0.05, 0) is 43.9 Å². The van der Waals surface area contributed by atoms with Gasteiger partial charge in [0.05, 0.1) is 27.6 Å². The van der Waals surface area contributed by atoms with Crippen LogP contribution in [0.25, 0.3) is 0 Å². The van der Waals surface area contributed by atoms with E-state index in [0.29, 0.717) is 19.3 Å². The molecular weight excluding hydrogens is 370 g/mol. The molecule has 0 aromatic rings. The zero-order valence-corrected chi connectivity index (χ0v) is 16.0. The first-order valence-electron chi connectivity index (χ1n) is 9.18. The molecule has 0 N–H and O–H groups in total. The Bertz CT molecular complexity index is 639. The van der Waals surface area contributed by atoms with Gasteiger partial charge in [-0.15, -0.1) is 0 Å². The molecule has 0 aromatic carbocycles. The van der Waals surface area contributed by atoms with Gasteiger partial charge in [-0.25, -0.2) is 0 Å². The molecular formula is C18H26N3O7. The van der Waals surface area contributed by atoms with E-state index in [1.54, 1.807) is 6.29 Å². The smallest absolute Gasteiger partial charge is 0.246 e. The van der Waals surface area contributed by atoms with Crippen LogP contribution in [-0.2, 0) is 4.79 Å². The first-order valence-corrected chi connectivity index (χ1v) is 9.18. The molecule has 0 aliphatic carbocycles. The summed E-state index contributed by atoms with van der Waals surface area (Å²) in [7, 11) is 0. The van der Waals surface area contributed by atoms with Crippen molar-refractivity contribution in [2.45, 2.75) is 71.1 Å². The van der Waals surface area contributed by atoms with E-state index in [2.05, 4.69) is 0 Å². The molecule has 28 heavy (non-hydrogen) atoms. The Balaban J connectivity index is 5.09. The number of hydrogen-bond acceptors (Lipinski definition) is 7. The molecule has 0 aliphatic rings. The monoisotopic (exact) mass is 396 g/mol. The fourth-order valence-electron chi connectivity index (χ4n) is 2.34. The fraction of sp³-hybridized carbons (Fsp3) is 0.611. The second-order valence-corrected chi connectivity index (χ2v) is 6.11. The Kier molecular flexibility index (Phi) is 13.6. The summed E-state index contributed by atoms with van der Waals surface area (Å²) < 4.78 is 0. The van der Waals surface area contributed by atoms with Crippen molar-refractivity contribution in [1.82, 2.24) is 0 Å². The number of nitro groups is 3. The van der Waals surface area contributed by atoms with Gasteiger partial charge in [0.15, 0.2) is 6.29 Å². The third-order valence-electron chi connectivity index (χ3n) is 3.95. The SMILES string of the molecule is CCCCC/C=C(/C/C=C(/C/C=C(/CCCC[C]=O)[N+](=O)[O-])[N+](=O)[O-])[N+](=O)[O-]. The summed E-state index contributed by atoms with van der Waals surface area (Å²) in [6.45, 7) is 2.01. The minimum atomic E-state index is -0.690. The van der Waals surface area contributed by atoms with Crippen molar-refractivity contribution >= 4 is 6.29 Å². The number of carbonyl (C=O) groups excluding carboxylic acids is 1. The van der Waals surface area contributed by atoms with Gasteiger partial charge in [0.25, 0.3) is 0 Å². The minimum absolute atomic E-state index is 0.0805. The summed E-state index contributed by atoms with van der Waals surface area (Å²) in [5, 5.41) is 33.3. The van der Waals surface area contributed by atoms with E-state index in [9.17, 15) is 35.1 Å². The van der Waals surface area contributed by atoms with Crippen LogP contribution in [0.5, 0.6) is 0 Å². The van der Waals surface area contributed by atoms with Crippen LogP contribution in [0.2, 0.25) is 0 Å². The van der Waals surface area contributed by atoms with Crippen molar-refractivity contribution in [2.75, 3.05) is 0 Å². The second kappa shape index (κ2) is 15.2. The van der Waals surface area contributed by atoms with Gasteiger partial charge in [-0.3, -0.25) is 35.1 Å². The molecule has 0 fully saturated rings. The van der Waals surface area contributed by atoms with E-state index in [-0.39, 0.29) is 42.8 Å². The van der Waals surface area contributed by atoms with Gasteiger partial charge in [0, 0.05) is 12.8 Å². The van der Waals surface area contributed by atoms with Crippen molar-refractivity contribution in [3.8, 4) is 0 Å². The minimum Gasteiger partial charge on any atom is -0.291 e. The quantitative estimate of drug-likeness (QED) is 0.212. The van der Waals surface area contributed by atoms with Crippen LogP contribution in [-0.4, -0.2) is 21.1 Å². The van der Waals surface area contributed by atoms with Crippen LogP contribution in [0.15, 0.2) is 35.3 Å². The molecule has 155 valence electrons. The third kappa shape index (κ3) is 11.7. The summed E-state index contributed by atoms with van der Waals surface area (Å²) in [5.74, 6) is 0. The maximum Gasteiger partial charge on any atom is 0.246 e. The van der Waals surface area contributed by atoms with Crippen LogP contribution < -0.4 is 0 Å². The van der Waals surface area contributed by atoms with E-state index in [1.165, 1.54) is 6.08 Å². The van der Waals surface area contributed by atoms with Crippen molar-refractivity contribution in [1.29, 1.82) is 0 Å². The van der Waals surface area contributed by atoms with E-state index >= 15 is 0 Å². The molecule has 0 saturated carbocycles. The average molecular weight is 396 g/mol. The summed E-state index contributed by atoms with van der Waals surface area (Å²) in [6, 6.07) is 0. The first-order chi connectivity index (χ1) is 13.3. The van der Waals surface area contributed by atoms with Crippen LogP contribution in [0.1, 0.15) is 71.1 Å².